The molecular weight excluding hydrogens is 571 g/mol. The average molecular weight is 587 g/mol. The Balaban J connectivity index is 0.00000196. The van der Waals surface area contributed by atoms with E-state index in [1.54, 1.807) is 0 Å². The maximum absolute atomic E-state index is 4.81. The van der Waals surface area contributed by atoms with Crippen LogP contribution in [0.5, 0.6) is 0 Å². The van der Waals surface area contributed by atoms with Crippen LogP contribution in [0, 0.1) is 6.07 Å². The van der Waals surface area contributed by atoms with Crippen LogP contribution < -0.4 is 0 Å². The van der Waals surface area contributed by atoms with Crippen LogP contribution in [0.2, 0.25) is 0 Å². The average Bonchev–Trinajstić information content (AvgIpc) is 3.32. The molecule has 0 saturated heterocycles. The van der Waals surface area contributed by atoms with Crippen molar-refractivity contribution in [1.82, 2.24) is 15.0 Å². The zero-order chi connectivity index (χ0) is 20.4. The van der Waals surface area contributed by atoms with E-state index in [9.17, 15) is 0 Å². The number of aromatic nitrogens is 3. The van der Waals surface area contributed by atoms with Crippen molar-refractivity contribution in [3.63, 3.8) is 0 Å². The maximum atomic E-state index is 4.81. The van der Waals surface area contributed by atoms with Gasteiger partial charge in [-0.3, -0.25) is 9.97 Å². The van der Waals surface area contributed by atoms with Crippen molar-refractivity contribution in [2.45, 2.75) is 5.41 Å². The van der Waals surface area contributed by atoms with Crippen LogP contribution in [-0.4, -0.2) is 15.0 Å². The molecule has 1 radical (unpaired) electrons. The van der Waals surface area contributed by atoms with Crippen molar-refractivity contribution in [3.8, 4) is 33.5 Å². The largest absolute Gasteiger partial charge is 0.304 e. The van der Waals surface area contributed by atoms with E-state index in [4.69, 9.17) is 4.98 Å². The molecule has 3 aromatic heterocycles. The first-order valence-electron chi connectivity index (χ1n) is 10.4. The zero-order valence-electron chi connectivity index (χ0n) is 16.9. The molecule has 0 N–H and O–H groups in total. The van der Waals surface area contributed by atoms with Crippen LogP contribution in [0.25, 0.3) is 33.5 Å². The Hall–Kier alpha value is -3.46. The fourth-order valence-corrected chi connectivity index (χ4v) is 5.44. The molecule has 2 aliphatic rings. The van der Waals surface area contributed by atoms with Gasteiger partial charge in [0.15, 0.2) is 0 Å². The molecular formula is C28H16IrN3-. The molecule has 0 fully saturated rings. The SMILES string of the molecule is [Ir].[c-]1cc(-c2ccccc2)cc2c1-c1ncccc1C21c2ccncc2-c2cnccc21. The van der Waals surface area contributed by atoms with E-state index in [2.05, 4.69) is 70.6 Å². The van der Waals surface area contributed by atoms with E-state index in [0.29, 0.717) is 0 Å². The third-order valence-electron chi connectivity index (χ3n) is 6.64. The summed E-state index contributed by atoms with van der Waals surface area (Å²) in [4.78, 5) is 13.7. The van der Waals surface area contributed by atoms with Crippen molar-refractivity contribution < 1.29 is 20.1 Å². The molecule has 2 aliphatic carbocycles. The second kappa shape index (κ2) is 7.03. The molecule has 0 saturated carbocycles. The van der Waals surface area contributed by atoms with Crippen LogP contribution in [0.3, 0.4) is 0 Å². The summed E-state index contributed by atoms with van der Waals surface area (Å²) >= 11 is 0. The predicted molar refractivity (Wildman–Crippen MR) is 120 cm³/mol. The van der Waals surface area contributed by atoms with E-state index >= 15 is 0 Å². The van der Waals surface area contributed by atoms with E-state index in [-0.39, 0.29) is 20.1 Å². The van der Waals surface area contributed by atoms with Crippen LogP contribution in [0.4, 0.5) is 0 Å². The van der Waals surface area contributed by atoms with Gasteiger partial charge >= 0.3 is 0 Å². The molecule has 2 aromatic carbocycles. The minimum absolute atomic E-state index is 0. The fraction of sp³-hybridized carbons (Fsp3) is 0.0357. The first-order valence-corrected chi connectivity index (χ1v) is 10.4. The van der Waals surface area contributed by atoms with E-state index in [1.807, 2.05) is 43.1 Å². The maximum Gasteiger partial charge on any atom is 0.0350 e. The smallest absolute Gasteiger partial charge is 0.0350 e. The summed E-state index contributed by atoms with van der Waals surface area (Å²) in [6.45, 7) is 0. The molecule has 5 aromatic rings. The van der Waals surface area contributed by atoms with Gasteiger partial charge in [-0.2, -0.15) is 0 Å². The Morgan fingerprint density at radius 2 is 1.38 bits per heavy atom. The number of fused-ring (bicyclic) bond motifs is 10. The third kappa shape index (κ3) is 2.31. The molecule has 32 heavy (non-hydrogen) atoms. The number of hydrogen-bond donors (Lipinski definition) is 0. The van der Waals surface area contributed by atoms with Crippen molar-refractivity contribution in [2.75, 3.05) is 0 Å². The molecule has 3 nitrogen and oxygen atoms in total. The molecule has 0 atom stereocenters. The van der Waals surface area contributed by atoms with E-state index < -0.39 is 5.41 Å². The molecule has 7 rings (SSSR count). The van der Waals surface area contributed by atoms with Crippen LogP contribution in [-0.2, 0) is 25.5 Å². The Morgan fingerprint density at radius 1 is 0.656 bits per heavy atom. The number of rotatable bonds is 1. The molecule has 1 spiro atoms. The van der Waals surface area contributed by atoms with Gasteiger partial charge in [-0.25, -0.2) is 0 Å². The van der Waals surface area contributed by atoms with Gasteiger partial charge in [-0.05, 0) is 35.0 Å². The van der Waals surface area contributed by atoms with Crippen molar-refractivity contribution >= 4 is 0 Å². The first-order chi connectivity index (χ1) is 15.4. The van der Waals surface area contributed by atoms with Gasteiger partial charge in [-0.1, -0.05) is 53.1 Å². The minimum Gasteiger partial charge on any atom is -0.304 e. The molecule has 0 unspecified atom stereocenters. The second-order valence-corrected chi connectivity index (χ2v) is 8.04. The Bertz CT molecular complexity index is 1430. The van der Waals surface area contributed by atoms with Crippen LogP contribution in [0.1, 0.15) is 22.3 Å². The zero-order valence-corrected chi connectivity index (χ0v) is 19.3. The normalized spacial score (nSPS) is 13.6. The molecule has 153 valence electrons. The third-order valence-corrected chi connectivity index (χ3v) is 6.64. The number of pyridine rings is 3. The van der Waals surface area contributed by atoms with Crippen molar-refractivity contribution in [2.24, 2.45) is 0 Å². The summed E-state index contributed by atoms with van der Waals surface area (Å²) in [5, 5.41) is 0. The number of benzene rings is 2. The monoisotopic (exact) mass is 587 g/mol. The summed E-state index contributed by atoms with van der Waals surface area (Å²) in [5.41, 5.74) is 11.1. The van der Waals surface area contributed by atoms with Gasteiger partial charge < -0.3 is 4.98 Å². The molecule has 0 aliphatic heterocycles. The van der Waals surface area contributed by atoms with E-state index in [0.717, 1.165) is 27.9 Å². The summed E-state index contributed by atoms with van der Waals surface area (Å²) < 4.78 is 0. The summed E-state index contributed by atoms with van der Waals surface area (Å²) in [6, 6.07) is 27.0. The fourth-order valence-electron chi connectivity index (χ4n) is 5.44. The van der Waals surface area contributed by atoms with E-state index in [1.165, 1.54) is 27.8 Å². The summed E-state index contributed by atoms with van der Waals surface area (Å²) in [5.74, 6) is 0. The van der Waals surface area contributed by atoms with Crippen LogP contribution >= 0.6 is 0 Å². The summed E-state index contributed by atoms with van der Waals surface area (Å²) in [7, 11) is 0. The molecule has 0 amide bonds. The first kappa shape index (κ1) is 19.2. The summed E-state index contributed by atoms with van der Waals surface area (Å²) in [6.07, 6.45) is 9.57. The Morgan fingerprint density at radius 3 is 2.09 bits per heavy atom. The molecule has 0 bridgehead atoms. The molecule has 4 heteroatoms. The standard InChI is InChI=1S/C28H16N3.Ir/c1-2-5-18(6-3-1)19-8-9-20-26(15-19)28(25-7-4-12-31-27(20)25)23-10-13-29-16-21(23)22-17-30-14-11-24(22)28;/h1-8,10-17H;/q-1;. The van der Waals surface area contributed by atoms with Gasteiger partial charge in [0.1, 0.15) is 0 Å². The Kier molecular flexibility index (Phi) is 4.23. The van der Waals surface area contributed by atoms with Crippen molar-refractivity contribution in [1.29, 1.82) is 0 Å². The van der Waals surface area contributed by atoms with Gasteiger partial charge in [-0.15, -0.1) is 29.3 Å². The Labute approximate surface area is 199 Å². The minimum atomic E-state index is -0.434. The van der Waals surface area contributed by atoms with Gasteiger partial charge in [0, 0.05) is 67.6 Å². The number of nitrogens with zero attached hydrogens (tertiary/aromatic N) is 3. The van der Waals surface area contributed by atoms with Crippen molar-refractivity contribution in [3.05, 3.63) is 126 Å². The molecule has 3 heterocycles. The topological polar surface area (TPSA) is 38.7 Å². The van der Waals surface area contributed by atoms with Gasteiger partial charge in [0.25, 0.3) is 0 Å². The second-order valence-electron chi connectivity index (χ2n) is 8.04. The van der Waals surface area contributed by atoms with Gasteiger partial charge in [0.2, 0.25) is 0 Å². The quantitative estimate of drug-likeness (QED) is 0.233. The predicted octanol–water partition coefficient (Wildman–Crippen LogP) is 5.68. The van der Waals surface area contributed by atoms with Gasteiger partial charge in [0.05, 0.1) is 0 Å². The number of hydrogen-bond acceptors (Lipinski definition) is 3. The van der Waals surface area contributed by atoms with Crippen LogP contribution in [0.15, 0.2) is 97.7 Å².